The van der Waals surface area contributed by atoms with Crippen LogP contribution in [0.5, 0.6) is 0 Å². The van der Waals surface area contributed by atoms with Crippen LogP contribution in [0.4, 0.5) is 0 Å². The molecule has 1 saturated carbocycles. The van der Waals surface area contributed by atoms with Gasteiger partial charge in [0.1, 0.15) is 6.23 Å². The number of carbonyl (C=O) groups is 1. The fourth-order valence-electron chi connectivity index (χ4n) is 3.57. The number of ether oxygens (including phenoxy) is 2. The van der Waals surface area contributed by atoms with E-state index in [0.29, 0.717) is 13.2 Å². The van der Waals surface area contributed by atoms with Crippen LogP contribution >= 0.6 is 0 Å². The third-order valence-corrected chi connectivity index (χ3v) is 4.94. The van der Waals surface area contributed by atoms with Gasteiger partial charge in [-0.25, -0.2) is 4.79 Å². The second kappa shape index (κ2) is 8.97. The highest BCUT2D eigenvalue weighted by atomic mass is 16.7. The van der Waals surface area contributed by atoms with E-state index in [2.05, 4.69) is 4.90 Å². The van der Waals surface area contributed by atoms with Gasteiger partial charge < -0.3 is 14.3 Å². The highest BCUT2D eigenvalue weighted by molar-refractivity contribution is 5.79. The van der Waals surface area contributed by atoms with Crippen molar-refractivity contribution in [3.8, 4) is 0 Å². The normalized spacial score (nSPS) is 23.1. The number of carbonyl (C=O) groups excluding carboxylic acids is 1. The Morgan fingerprint density at radius 1 is 1.17 bits per heavy atom. The fourth-order valence-corrected chi connectivity index (χ4v) is 3.57. The number of likely N-dealkylation sites (tertiary alicyclic amines) is 1. The third-order valence-electron chi connectivity index (χ3n) is 4.94. The topological polar surface area (TPSA) is 51.2 Å². The van der Waals surface area contributed by atoms with Crippen molar-refractivity contribution in [2.45, 2.75) is 63.7 Å². The molecule has 0 amide bonds. The largest absolute Gasteiger partial charge is 0.464 e. The Labute approximate surface area is 140 Å². The minimum atomic E-state index is -0.782. The monoisotopic (exact) mass is 328 g/mol. The van der Waals surface area contributed by atoms with Gasteiger partial charge >= 0.3 is 5.97 Å². The predicted molar refractivity (Wildman–Crippen MR) is 87.8 cm³/mol. The molecule has 6 heteroatoms. The lowest BCUT2D eigenvalue weighted by molar-refractivity contribution is -0.220. The summed E-state index contributed by atoms with van der Waals surface area (Å²) in [4.78, 5) is 20.2. The average molecular weight is 328 g/mol. The summed E-state index contributed by atoms with van der Waals surface area (Å²) in [6, 6.07) is 0. The molecule has 23 heavy (non-hydrogen) atoms. The molecule has 1 heterocycles. The summed E-state index contributed by atoms with van der Waals surface area (Å²) in [5.74, 6) is -0.191. The molecule has 0 bridgehead atoms. The Bertz CT molecular complexity index is 366. The molecule has 0 N–H and O–H groups in total. The lowest BCUT2D eigenvalue weighted by Gasteiger charge is -2.41. The van der Waals surface area contributed by atoms with Gasteiger partial charge in [-0.15, -0.1) is 0 Å². The maximum Gasteiger partial charge on any atom is 0.338 e. The SMILES string of the molecule is CCOC(=O)C1(OC(CN(C)OC)N2CCCC2)CCCCC1. The smallest absolute Gasteiger partial charge is 0.338 e. The maximum atomic E-state index is 12.6. The van der Waals surface area contributed by atoms with Gasteiger partial charge in [-0.2, -0.15) is 5.06 Å². The predicted octanol–water partition coefficient (Wildman–Crippen LogP) is 2.18. The molecular formula is C17H32N2O4. The average Bonchev–Trinajstić information content (AvgIpc) is 3.09. The van der Waals surface area contributed by atoms with Crippen LogP contribution in [0.15, 0.2) is 0 Å². The second-order valence-corrected chi connectivity index (χ2v) is 6.58. The highest BCUT2D eigenvalue weighted by Gasteiger charge is 2.45. The van der Waals surface area contributed by atoms with Crippen molar-refractivity contribution in [2.24, 2.45) is 0 Å². The molecule has 0 aromatic carbocycles. The Morgan fingerprint density at radius 3 is 2.39 bits per heavy atom. The van der Waals surface area contributed by atoms with Crippen LogP contribution in [0, 0.1) is 0 Å². The Hall–Kier alpha value is -0.690. The number of likely N-dealkylation sites (N-methyl/N-ethyl adjacent to an activating group) is 1. The van der Waals surface area contributed by atoms with Gasteiger partial charge in [-0.1, -0.05) is 6.42 Å². The van der Waals surface area contributed by atoms with E-state index in [-0.39, 0.29) is 12.2 Å². The first-order chi connectivity index (χ1) is 11.1. The quantitative estimate of drug-likeness (QED) is 0.503. The van der Waals surface area contributed by atoms with Crippen LogP contribution in [-0.4, -0.2) is 68.2 Å². The molecule has 1 unspecified atom stereocenters. The summed E-state index contributed by atoms with van der Waals surface area (Å²) in [6.07, 6.45) is 6.95. The second-order valence-electron chi connectivity index (χ2n) is 6.58. The van der Waals surface area contributed by atoms with Gasteiger partial charge in [0.05, 0.1) is 20.3 Å². The van der Waals surface area contributed by atoms with E-state index in [1.54, 1.807) is 12.2 Å². The van der Waals surface area contributed by atoms with Crippen molar-refractivity contribution < 1.29 is 19.1 Å². The van der Waals surface area contributed by atoms with Crippen molar-refractivity contribution >= 4 is 5.97 Å². The molecular weight excluding hydrogens is 296 g/mol. The van der Waals surface area contributed by atoms with Crippen molar-refractivity contribution in [3.63, 3.8) is 0 Å². The van der Waals surface area contributed by atoms with E-state index in [9.17, 15) is 4.79 Å². The molecule has 2 rings (SSSR count). The number of hydrogen-bond acceptors (Lipinski definition) is 6. The molecule has 1 atom stereocenters. The van der Waals surface area contributed by atoms with Crippen molar-refractivity contribution in [1.29, 1.82) is 0 Å². The summed E-state index contributed by atoms with van der Waals surface area (Å²) < 4.78 is 11.8. The number of nitrogens with zero attached hydrogens (tertiary/aromatic N) is 2. The molecule has 2 fully saturated rings. The number of hydroxylamine groups is 2. The van der Waals surface area contributed by atoms with E-state index in [4.69, 9.17) is 14.3 Å². The van der Waals surface area contributed by atoms with Crippen LogP contribution in [0.3, 0.4) is 0 Å². The molecule has 0 spiro atoms. The molecule has 134 valence electrons. The zero-order valence-electron chi connectivity index (χ0n) is 14.9. The molecule has 2 aliphatic rings. The number of rotatable bonds is 8. The molecule has 0 radical (unpaired) electrons. The number of hydrogen-bond donors (Lipinski definition) is 0. The zero-order chi connectivity index (χ0) is 16.7. The Morgan fingerprint density at radius 2 is 1.83 bits per heavy atom. The van der Waals surface area contributed by atoms with E-state index in [1.165, 1.54) is 12.8 Å². The summed E-state index contributed by atoms with van der Waals surface area (Å²) in [7, 11) is 3.55. The van der Waals surface area contributed by atoms with Gasteiger partial charge in [0.2, 0.25) is 0 Å². The van der Waals surface area contributed by atoms with Gasteiger partial charge in [-0.05, 0) is 45.4 Å². The first-order valence-corrected chi connectivity index (χ1v) is 8.95. The van der Waals surface area contributed by atoms with Crippen LogP contribution in [0.1, 0.15) is 51.9 Å². The maximum absolute atomic E-state index is 12.6. The zero-order valence-corrected chi connectivity index (χ0v) is 14.9. The van der Waals surface area contributed by atoms with E-state index >= 15 is 0 Å². The molecule has 1 saturated heterocycles. The molecule has 0 aromatic heterocycles. The Kier molecular flexibility index (Phi) is 7.27. The van der Waals surface area contributed by atoms with Gasteiger partial charge in [0.25, 0.3) is 0 Å². The lowest BCUT2D eigenvalue weighted by atomic mass is 9.84. The van der Waals surface area contributed by atoms with E-state index in [0.717, 1.165) is 45.2 Å². The summed E-state index contributed by atoms with van der Waals surface area (Å²) >= 11 is 0. The molecule has 1 aliphatic carbocycles. The molecule has 6 nitrogen and oxygen atoms in total. The van der Waals surface area contributed by atoms with Crippen molar-refractivity contribution in [2.75, 3.05) is 40.4 Å². The lowest BCUT2D eigenvalue weighted by Crippen LogP contribution is -2.53. The van der Waals surface area contributed by atoms with Crippen LogP contribution in [0.25, 0.3) is 0 Å². The van der Waals surface area contributed by atoms with Crippen LogP contribution in [0.2, 0.25) is 0 Å². The Balaban J connectivity index is 2.12. The summed E-state index contributed by atoms with van der Waals surface area (Å²) in [5, 5.41) is 1.77. The third kappa shape index (κ3) is 4.89. The van der Waals surface area contributed by atoms with Crippen LogP contribution < -0.4 is 0 Å². The summed E-state index contributed by atoms with van der Waals surface area (Å²) in [6.45, 7) is 4.90. The molecule has 1 aliphatic heterocycles. The minimum Gasteiger partial charge on any atom is -0.464 e. The van der Waals surface area contributed by atoms with Crippen molar-refractivity contribution in [1.82, 2.24) is 9.96 Å². The van der Waals surface area contributed by atoms with E-state index < -0.39 is 5.60 Å². The minimum absolute atomic E-state index is 0.134. The number of esters is 1. The van der Waals surface area contributed by atoms with Gasteiger partial charge in [0.15, 0.2) is 5.60 Å². The first-order valence-electron chi connectivity index (χ1n) is 8.95. The van der Waals surface area contributed by atoms with E-state index in [1.807, 2.05) is 14.0 Å². The molecule has 0 aromatic rings. The van der Waals surface area contributed by atoms with Gasteiger partial charge in [-0.3, -0.25) is 4.90 Å². The fraction of sp³-hybridized carbons (Fsp3) is 0.941. The van der Waals surface area contributed by atoms with Gasteiger partial charge in [0, 0.05) is 20.1 Å². The van der Waals surface area contributed by atoms with Crippen LogP contribution in [-0.2, 0) is 19.1 Å². The first kappa shape index (κ1) is 18.6. The highest BCUT2D eigenvalue weighted by Crippen LogP contribution is 2.35. The van der Waals surface area contributed by atoms with Crippen molar-refractivity contribution in [3.05, 3.63) is 0 Å². The standard InChI is InChI=1S/C17H32N2O4/c1-4-22-16(20)17(10-6-5-7-11-17)23-15(14-18(2)21-3)19-12-8-9-13-19/h15H,4-14H2,1-3H3. The summed E-state index contributed by atoms with van der Waals surface area (Å²) in [5.41, 5.74) is -0.782.